The molecule has 15 heavy (non-hydrogen) atoms. The number of rotatable bonds is 3. The van der Waals surface area contributed by atoms with Crippen LogP contribution in [0.2, 0.25) is 0 Å². The highest BCUT2D eigenvalue weighted by Gasteiger charge is 2.03. The first-order chi connectivity index (χ1) is 7.13. The molecular weight excluding hydrogens is 199 g/mol. The lowest BCUT2D eigenvalue weighted by atomic mass is 10.3. The Bertz CT molecular complexity index is 374. The van der Waals surface area contributed by atoms with E-state index in [-0.39, 0.29) is 17.4 Å². The highest BCUT2D eigenvalue weighted by Crippen LogP contribution is 2.06. The van der Waals surface area contributed by atoms with Crippen LogP contribution in [0.1, 0.15) is 6.92 Å². The van der Waals surface area contributed by atoms with Gasteiger partial charge in [0, 0.05) is 6.92 Å². The van der Waals surface area contributed by atoms with Gasteiger partial charge >= 0.3 is 0 Å². The number of anilines is 1. The van der Waals surface area contributed by atoms with E-state index < -0.39 is 0 Å². The van der Waals surface area contributed by atoms with Gasteiger partial charge in [0.1, 0.15) is 5.82 Å². The maximum Gasteiger partial charge on any atom is 0.207 e. The molecule has 1 aromatic carbocycles. The number of nitrogens with two attached hydrogens (primary N) is 1. The van der Waals surface area contributed by atoms with Crippen molar-refractivity contribution < 1.29 is 9.18 Å². The van der Waals surface area contributed by atoms with Crippen molar-refractivity contribution in [1.29, 1.82) is 0 Å². The summed E-state index contributed by atoms with van der Waals surface area (Å²) in [7, 11) is 0. The van der Waals surface area contributed by atoms with Gasteiger partial charge in [0.2, 0.25) is 5.84 Å². The largest absolute Gasteiger partial charge is 0.321 e. The van der Waals surface area contributed by atoms with E-state index in [4.69, 9.17) is 5.84 Å². The fraction of sp³-hybridized carbons (Fsp3) is 0.111. The summed E-state index contributed by atoms with van der Waals surface area (Å²) >= 11 is 0. The molecular formula is C9H11FN4O. The molecule has 0 aliphatic carbocycles. The number of nitrogens with one attached hydrogen (secondary N) is 2. The molecule has 0 unspecified atom stereocenters. The standard InChI is InChI=1S/C9H11FN4O/c1-6(15)9(12-11)14-13-8-4-2-7(10)3-5-8/h2-5,13H,11H2,1H3,(H,12,14). The predicted molar refractivity (Wildman–Crippen MR) is 55.5 cm³/mol. The number of hydrazine groups is 1. The van der Waals surface area contributed by atoms with Gasteiger partial charge in [0.25, 0.3) is 0 Å². The van der Waals surface area contributed by atoms with Gasteiger partial charge < -0.3 is 5.84 Å². The minimum atomic E-state index is -0.333. The number of halogens is 1. The zero-order chi connectivity index (χ0) is 11.3. The first-order valence-corrected chi connectivity index (χ1v) is 4.20. The number of benzene rings is 1. The van der Waals surface area contributed by atoms with Crippen LogP contribution in [0.25, 0.3) is 0 Å². The first kappa shape index (κ1) is 11.0. The zero-order valence-electron chi connectivity index (χ0n) is 8.12. The van der Waals surface area contributed by atoms with Crippen molar-refractivity contribution in [3.63, 3.8) is 0 Å². The van der Waals surface area contributed by atoms with Crippen molar-refractivity contribution >= 4 is 17.3 Å². The summed E-state index contributed by atoms with van der Waals surface area (Å²) in [5.41, 5.74) is 5.76. The summed E-state index contributed by atoms with van der Waals surface area (Å²) in [5, 5.41) is 3.24. The lowest BCUT2D eigenvalue weighted by Crippen LogP contribution is -2.35. The molecule has 80 valence electrons. The molecule has 0 fully saturated rings. The summed E-state index contributed by atoms with van der Waals surface area (Å²) in [5.74, 6) is 4.33. The van der Waals surface area contributed by atoms with E-state index in [0.717, 1.165) is 0 Å². The quantitative estimate of drug-likeness (QED) is 0.295. The minimum absolute atomic E-state index is 0.000625. The monoisotopic (exact) mass is 210 g/mol. The lowest BCUT2D eigenvalue weighted by molar-refractivity contribution is -0.111. The number of hydrazone groups is 1. The van der Waals surface area contributed by atoms with Gasteiger partial charge in [-0.15, -0.1) is 0 Å². The third-order valence-corrected chi connectivity index (χ3v) is 1.63. The summed E-state index contributed by atoms with van der Waals surface area (Å²) in [6.45, 7) is 1.32. The van der Waals surface area contributed by atoms with Gasteiger partial charge in [0.15, 0.2) is 5.78 Å². The molecule has 0 radical (unpaired) electrons. The van der Waals surface area contributed by atoms with Gasteiger partial charge in [-0.1, -0.05) is 0 Å². The van der Waals surface area contributed by atoms with Gasteiger partial charge in [-0.3, -0.25) is 15.6 Å². The molecule has 0 spiro atoms. The maximum absolute atomic E-state index is 12.5. The van der Waals surface area contributed by atoms with Gasteiger partial charge in [-0.05, 0) is 24.3 Å². The molecule has 0 aromatic heterocycles. The number of Topliss-reactive ketones (excluding diaryl/α,β-unsaturated/α-hetero) is 1. The Hall–Kier alpha value is -2.11. The smallest absolute Gasteiger partial charge is 0.207 e. The number of hydrogen-bond acceptors (Lipinski definition) is 4. The predicted octanol–water partition coefficient (Wildman–Crippen LogP) is 0.603. The van der Waals surface area contributed by atoms with Crippen LogP contribution in [-0.4, -0.2) is 11.6 Å². The van der Waals surface area contributed by atoms with Gasteiger partial charge in [-0.2, -0.15) is 5.10 Å². The average Bonchev–Trinajstić information content (AvgIpc) is 2.21. The molecule has 0 saturated heterocycles. The second kappa shape index (κ2) is 4.94. The van der Waals surface area contributed by atoms with Crippen LogP contribution in [0, 0.1) is 5.82 Å². The van der Waals surface area contributed by atoms with Crippen LogP contribution in [0.3, 0.4) is 0 Å². The van der Waals surface area contributed by atoms with E-state index in [0.29, 0.717) is 5.69 Å². The Morgan fingerprint density at radius 3 is 2.47 bits per heavy atom. The Morgan fingerprint density at radius 1 is 1.40 bits per heavy atom. The number of ketones is 1. The third-order valence-electron chi connectivity index (χ3n) is 1.63. The van der Waals surface area contributed by atoms with E-state index in [1.807, 2.05) is 0 Å². The molecule has 1 rings (SSSR count). The molecule has 1 aromatic rings. The Morgan fingerprint density at radius 2 is 2.00 bits per heavy atom. The fourth-order valence-electron chi connectivity index (χ4n) is 0.876. The topological polar surface area (TPSA) is 79.5 Å². The molecule has 0 bridgehead atoms. The summed E-state index contributed by atoms with van der Waals surface area (Å²) in [6.07, 6.45) is 0. The van der Waals surface area contributed by atoms with Crippen molar-refractivity contribution in [3.8, 4) is 0 Å². The van der Waals surface area contributed by atoms with Crippen LogP contribution in [-0.2, 0) is 4.79 Å². The SMILES string of the molecule is CC(=O)/C(=N/N)NNc1ccc(F)cc1. The second-order valence-electron chi connectivity index (χ2n) is 2.79. The van der Waals surface area contributed by atoms with E-state index in [1.54, 1.807) is 0 Å². The van der Waals surface area contributed by atoms with Crippen molar-refractivity contribution in [3.05, 3.63) is 30.1 Å². The highest BCUT2D eigenvalue weighted by atomic mass is 19.1. The van der Waals surface area contributed by atoms with Gasteiger partial charge in [-0.25, -0.2) is 4.39 Å². The summed E-state index contributed by atoms with van der Waals surface area (Å²) in [4.78, 5) is 10.9. The zero-order valence-corrected chi connectivity index (χ0v) is 8.12. The van der Waals surface area contributed by atoms with E-state index in [2.05, 4.69) is 16.0 Å². The fourth-order valence-corrected chi connectivity index (χ4v) is 0.876. The molecule has 0 atom stereocenters. The molecule has 0 aliphatic heterocycles. The van der Waals surface area contributed by atoms with E-state index >= 15 is 0 Å². The number of hydrogen-bond donors (Lipinski definition) is 3. The number of amidine groups is 1. The summed E-state index contributed by atoms with van der Waals surface area (Å²) < 4.78 is 12.5. The van der Waals surface area contributed by atoms with Crippen molar-refractivity contribution in [2.45, 2.75) is 6.92 Å². The normalized spacial score (nSPS) is 10.9. The number of carbonyl (C=O) groups excluding carboxylic acids is 1. The number of carbonyl (C=O) groups is 1. The Kier molecular flexibility index (Phi) is 3.61. The number of nitrogens with zero attached hydrogens (tertiary/aromatic N) is 1. The molecule has 5 nitrogen and oxygen atoms in total. The van der Waals surface area contributed by atoms with Crippen LogP contribution in [0.15, 0.2) is 29.4 Å². The van der Waals surface area contributed by atoms with Crippen LogP contribution in [0.4, 0.5) is 10.1 Å². The lowest BCUT2D eigenvalue weighted by Gasteiger charge is -2.08. The Balaban J connectivity index is 2.57. The van der Waals surface area contributed by atoms with Crippen molar-refractivity contribution in [1.82, 2.24) is 5.43 Å². The third kappa shape index (κ3) is 3.26. The molecule has 4 N–H and O–H groups in total. The average molecular weight is 210 g/mol. The minimum Gasteiger partial charge on any atom is -0.321 e. The maximum atomic E-state index is 12.5. The highest BCUT2D eigenvalue weighted by molar-refractivity contribution is 6.37. The second-order valence-corrected chi connectivity index (χ2v) is 2.79. The molecule has 0 aliphatic rings. The van der Waals surface area contributed by atoms with Crippen molar-refractivity contribution in [2.75, 3.05) is 5.43 Å². The molecule has 0 heterocycles. The van der Waals surface area contributed by atoms with E-state index in [1.165, 1.54) is 31.2 Å². The van der Waals surface area contributed by atoms with Crippen LogP contribution < -0.4 is 16.7 Å². The van der Waals surface area contributed by atoms with Crippen LogP contribution >= 0.6 is 0 Å². The van der Waals surface area contributed by atoms with Gasteiger partial charge in [0.05, 0.1) is 5.69 Å². The first-order valence-electron chi connectivity index (χ1n) is 4.20. The summed E-state index contributed by atoms with van der Waals surface area (Å²) in [6, 6.07) is 5.60. The molecule has 0 amide bonds. The van der Waals surface area contributed by atoms with E-state index in [9.17, 15) is 9.18 Å². The molecule has 6 heteroatoms. The van der Waals surface area contributed by atoms with Crippen molar-refractivity contribution in [2.24, 2.45) is 10.9 Å². The molecule has 0 saturated carbocycles. The van der Waals surface area contributed by atoms with Crippen LogP contribution in [0.5, 0.6) is 0 Å². The Labute approximate surface area is 86.1 Å².